The highest BCUT2D eigenvalue weighted by molar-refractivity contribution is 6.52. The minimum Gasteiger partial charge on any atom is -0.456 e. The number of nitrogens with zero attached hydrogens (tertiary/aromatic N) is 1. The van der Waals surface area contributed by atoms with Gasteiger partial charge in [0.05, 0.1) is 5.69 Å². The van der Waals surface area contributed by atoms with Crippen LogP contribution in [0.15, 0.2) is 4.42 Å². The molecule has 0 atom stereocenters. The lowest BCUT2D eigenvalue weighted by Crippen LogP contribution is -2.17. The van der Waals surface area contributed by atoms with Gasteiger partial charge in [-0.25, -0.2) is 4.98 Å². The van der Waals surface area contributed by atoms with E-state index in [2.05, 4.69) is 46.5 Å². The normalized spacial score (nSPS) is 11.8. The second-order valence-electron chi connectivity index (χ2n) is 5.26. The molecule has 1 aromatic heterocycles. The van der Waals surface area contributed by atoms with Crippen molar-refractivity contribution in [2.75, 3.05) is 0 Å². The van der Waals surface area contributed by atoms with Gasteiger partial charge in [-0.2, -0.15) is 0 Å². The molecular weight excluding hydrogens is 185 g/mol. The van der Waals surface area contributed by atoms with Crippen LogP contribution >= 0.6 is 0 Å². The zero-order valence-electron chi connectivity index (χ0n) is 10.8. The summed E-state index contributed by atoms with van der Waals surface area (Å²) >= 11 is 0. The van der Waals surface area contributed by atoms with Gasteiger partial charge in [-0.1, -0.05) is 47.4 Å². The van der Waals surface area contributed by atoms with Crippen molar-refractivity contribution in [3.63, 3.8) is 0 Å². The van der Waals surface area contributed by atoms with Crippen LogP contribution in [-0.4, -0.2) is 12.3 Å². The van der Waals surface area contributed by atoms with E-state index in [1.54, 1.807) is 0 Å². The molecule has 1 rings (SSSR count). The van der Waals surface area contributed by atoms with Crippen LogP contribution in [0.5, 0.6) is 0 Å². The predicted octanol–water partition coefficient (Wildman–Crippen LogP) is 2.81. The molecule has 0 aliphatic heterocycles. The van der Waals surface area contributed by atoms with Crippen LogP contribution in [0.3, 0.4) is 0 Å². The second kappa shape index (κ2) is 4.87. The van der Waals surface area contributed by atoms with Crippen LogP contribution in [0.2, 0.25) is 5.82 Å². The summed E-state index contributed by atoms with van der Waals surface area (Å²) in [6.45, 7) is 13.0. The van der Waals surface area contributed by atoms with Crippen molar-refractivity contribution in [1.82, 2.24) is 4.98 Å². The number of aromatic nitrogens is 1. The number of hydrogen-bond acceptors (Lipinski definition) is 2. The summed E-state index contributed by atoms with van der Waals surface area (Å²) in [4.78, 5) is 4.60. The molecule has 0 aromatic carbocycles. The zero-order valence-corrected chi connectivity index (χ0v) is 10.8. The molecule has 3 heteroatoms. The van der Waals surface area contributed by atoms with Gasteiger partial charge in [0.1, 0.15) is 11.6 Å². The van der Waals surface area contributed by atoms with Crippen molar-refractivity contribution in [2.24, 2.45) is 0 Å². The Bertz CT molecular complexity index is 290. The van der Waals surface area contributed by atoms with Gasteiger partial charge in [0.15, 0.2) is 0 Å². The zero-order chi connectivity index (χ0) is 11.6. The van der Waals surface area contributed by atoms with E-state index in [0.717, 1.165) is 24.5 Å². The summed E-state index contributed by atoms with van der Waals surface area (Å²) in [5.74, 6) is 3.45. The van der Waals surface area contributed by atoms with E-state index in [4.69, 9.17) is 4.42 Å². The van der Waals surface area contributed by atoms with Crippen molar-refractivity contribution in [3.05, 3.63) is 11.5 Å². The van der Waals surface area contributed by atoms with E-state index in [9.17, 15) is 0 Å². The van der Waals surface area contributed by atoms with Gasteiger partial charge >= 0.3 is 0 Å². The first-order chi connectivity index (χ1) is 6.91. The largest absolute Gasteiger partial charge is 0.456 e. The van der Waals surface area contributed by atoms with Crippen LogP contribution in [0.4, 0.5) is 0 Å². The van der Waals surface area contributed by atoms with Crippen molar-refractivity contribution < 1.29 is 4.42 Å². The first-order valence-electron chi connectivity index (χ1n) is 5.91. The molecule has 0 bridgehead atoms. The smallest absolute Gasteiger partial charge is 0.233 e. The lowest BCUT2D eigenvalue weighted by atomic mass is 9.66. The monoisotopic (exact) mass is 207 g/mol. The van der Waals surface area contributed by atoms with Crippen LogP contribution in [-0.2, 0) is 0 Å². The van der Waals surface area contributed by atoms with E-state index in [1.165, 1.54) is 0 Å². The summed E-state index contributed by atoms with van der Waals surface area (Å²) in [5.41, 5.74) is 1.14. The molecule has 0 N–H and O–H groups in total. The molecule has 0 aliphatic carbocycles. The molecule has 0 radical (unpaired) electrons. The number of rotatable bonds is 4. The maximum atomic E-state index is 5.84. The Balaban J connectivity index is 2.98. The molecule has 1 heterocycles. The maximum Gasteiger partial charge on any atom is 0.233 e. The fraction of sp³-hybridized carbons (Fsp3) is 0.750. The molecule has 0 fully saturated rings. The minimum absolute atomic E-state index is 0.427. The highest BCUT2D eigenvalue weighted by Gasteiger charge is 2.19. The molecule has 0 aliphatic rings. The lowest BCUT2D eigenvalue weighted by molar-refractivity contribution is 0.500. The highest BCUT2D eigenvalue weighted by atomic mass is 16.3. The van der Waals surface area contributed by atoms with Gasteiger partial charge in [-0.05, 0) is 5.92 Å². The molecule has 0 saturated heterocycles. The van der Waals surface area contributed by atoms with E-state index in [1.807, 2.05) is 0 Å². The third-order valence-corrected chi connectivity index (χ3v) is 2.38. The van der Waals surface area contributed by atoms with Gasteiger partial charge in [-0.3, -0.25) is 0 Å². The minimum atomic E-state index is 0.427. The van der Waals surface area contributed by atoms with Crippen LogP contribution in [0.25, 0.3) is 0 Å². The molecule has 0 amide bonds. The third kappa shape index (κ3) is 3.12. The Hall–Kier alpha value is -0.725. The van der Waals surface area contributed by atoms with Gasteiger partial charge < -0.3 is 4.42 Å². The average molecular weight is 207 g/mol. The van der Waals surface area contributed by atoms with Gasteiger partial charge in [0.2, 0.25) is 7.28 Å². The quantitative estimate of drug-likeness (QED) is 0.709. The summed E-state index contributed by atoms with van der Waals surface area (Å²) in [6, 6.07) is 0. The van der Waals surface area contributed by atoms with Crippen molar-refractivity contribution in [2.45, 2.75) is 59.2 Å². The summed E-state index contributed by atoms with van der Waals surface area (Å²) in [6.07, 6.45) is 0. The van der Waals surface area contributed by atoms with E-state index < -0.39 is 0 Å². The first kappa shape index (κ1) is 12.3. The Kier molecular flexibility index (Phi) is 4.00. The van der Waals surface area contributed by atoms with Gasteiger partial charge in [0, 0.05) is 5.92 Å². The Labute approximate surface area is 93.7 Å². The van der Waals surface area contributed by atoms with Gasteiger partial charge in [0.25, 0.3) is 0 Å². The van der Waals surface area contributed by atoms with Gasteiger partial charge in [-0.15, -0.1) is 0 Å². The number of hydrogen-bond donors (Lipinski definition) is 0. The maximum absolute atomic E-state index is 5.84. The van der Waals surface area contributed by atoms with E-state index >= 15 is 0 Å². The molecule has 0 saturated carbocycles. The summed E-state index contributed by atoms with van der Waals surface area (Å²) in [7, 11) is 0.937. The molecule has 15 heavy (non-hydrogen) atoms. The fourth-order valence-electron chi connectivity index (χ4n) is 1.66. The van der Waals surface area contributed by atoms with Crippen molar-refractivity contribution >= 4 is 13.1 Å². The van der Waals surface area contributed by atoms with Crippen molar-refractivity contribution in [3.8, 4) is 0 Å². The summed E-state index contributed by atoms with van der Waals surface area (Å²) < 4.78 is 5.84. The topological polar surface area (TPSA) is 26.0 Å². The van der Waals surface area contributed by atoms with Crippen LogP contribution in [0.1, 0.15) is 64.8 Å². The van der Waals surface area contributed by atoms with E-state index in [0.29, 0.717) is 17.7 Å². The summed E-state index contributed by atoms with van der Waals surface area (Å²) in [5, 5.41) is 0. The molecule has 2 nitrogen and oxygen atoms in total. The Morgan fingerprint density at radius 2 is 1.60 bits per heavy atom. The highest BCUT2D eigenvalue weighted by Crippen LogP contribution is 2.23. The van der Waals surface area contributed by atoms with Crippen molar-refractivity contribution in [1.29, 1.82) is 0 Å². The molecular formula is C12H22BNO. The SMILES string of the molecule is CC(C)Bc1nc(C(C)C)c(C(C)C)o1. The van der Waals surface area contributed by atoms with Crippen LogP contribution < -0.4 is 5.79 Å². The Morgan fingerprint density at radius 1 is 1.00 bits per heavy atom. The third-order valence-electron chi connectivity index (χ3n) is 2.38. The fourth-order valence-corrected chi connectivity index (χ4v) is 1.66. The second-order valence-corrected chi connectivity index (χ2v) is 5.26. The lowest BCUT2D eigenvalue weighted by Gasteiger charge is -2.05. The van der Waals surface area contributed by atoms with E-state index in [-0.39, 0.29) is 0 Å². The molecule has 0 unspecified atom stereocenters. The molecule has 0 spiro atoms. The molecule has 1 aromatic rings. The standard InChI is InChI=1S/C12H22BNO/c1-7(2)10-11(8(3)4)15-12(14-10)13-9(5)6/h7-9,13H,1-6H3. The Morgan fingerprint density at radius 3 is 1.93 bits per heavy atom. The predicted molar refractivity (Wildman–Crippen MR) is 66.6 cm³/mol. The first-order valence-corrected chi connectivity index (χ1v) is 5.91. The molecule has 84 valence electrons. The average Bonchev–Trinajstić information content (AvgIpc) is 2.46. The number of oxazole rings is 1. The van der Waals surface area contributed by atoms with Crippen LogP contribution in [0, 0.1) is 0 Å².